The van der Waals surface area contributed by atoms with Gasteiger partial charge >= 0.3 is 0 Å². The van der Waals surface area contributed by atoms with Crippen molar-refractivity contribution in [2.45, 2.75) is 58.0 Å². The van der Waals surface area contributed by atoms with Gasteiger partial charge < -0.3 is 14.8 Å². The van der Waals surface area contributed by atoms with Gasteiger partial charge in [-0.05, 0) is 92.7 Å². The summed E-state index contributed by atoms with van der Waals surface area (Å²) in [5, 5.41) is 4.28. The Hall–Kier alpha value is -2.82. The molecule has 0 radical (unpaired) electrons. The number of nitrogens with zero attached hydrogens (tertiary/aromatic N) is 3. The highest BCUT2D eigenvalue weighted by molar-refractivity contribution is 5.97. The fourth-order valence-electron chi connectivity index (χ4n) is 6.21. The van der Waals surface area contributed by atoms with Crippen molar-refractivity contribution < 1.29 is 4.79 Å². The summed E-state index contributed by atoms with van der Waals surface area (Å²) >= 11 is 0. The third-order valence-electron chi connectivity index (χ3n) is 7.93. The predicted octanol–water partition coefficient (Wildman–Crippen LogP) is 4.58. The first-order valence-electron chi connectivity index (χ1n) is 12.3. The van der Waals surface area contributed by atoms with Crippen LogP contribution in [0.2, 0.25) is 0 Å². The van der Waals surface area contributed by atoms with Crippen molar-refractivity contribution in [1.29, 1.82) is 0 Å². The van der Waals surface area contributed by atoms with Crippen LogP contribution in [0.25, 0.3) is 11.0 Å². The highest BCUT2D eigenvalue weighted by atomic mass is 16.1. The topological polar surface area (TPSA) is 50.2 Å². The Morgan fingerprint density at radius 1 is 1.09 bits per heavy atom. The Morgan fingerprint density at radius 3 is 2.75 bits per heavy atom. The molecule has 1 saturated heterocycles. The van der Waals surface area contributed by atoms with E-state index < -0.39 is 0 Å². The lowest BCUT2D eigenvalue weighted by atomic mass is 9.87. The van der Waals surface area contributed by atoms with Crippen LogP contribution in [-0.2, 0) is 19.4 Å². The number of amides is 1. The number of aromatic nitrogens is 2. The molecule has 3 aromatic rings. The summed E-state index contributed by atoms with van der Waals surface area (Å²) < 4.78 is 2.10. The standard InChI is InChI=1S/C27H32N4O/c1-2-30-10-9-22-12-23(15-28-26(22)30)27(32)29-24-7-5-21-14-25(8-6-20(21)13-24)31-16-18-3-4-19(11-18)17-31/h6,8-10,12,14-15,18-19,24H,2-5,7,11,13,16-17H2,1H3,(H,29,32)/t18?,19?,24-/m1/s1. The second-order valence-electron chi connectivity index (χ2n) is 10.1. The second-order valence-corrected chi connectivity index (χ2v) is 10.1. The molecule has 32 heavy (non-hydrogen) atoms. The molecule has 6 rings (SSSR count). The van der Waals surface area contributed by atoms with E-state index in [-0.39, 0.29) is 11.9 Å². The van der Waals surface area contributed by atoms with Gasteiger partial charge in [-0.1, -0.05) is 6.07 Å². The van der Waals surface area contributed by atoms with E-state index in [9.17, 15) is 4.79 Å². The van der Waals surface area contributed by atoms with Crippen LogP contribution in [0.5, 0.6) is 0 Å². The van der Waals surface area contributed by atoms with Crippen molar-refractivity contribution in [3.63, 3.8) is 0 Å². The highest BCUT2D eigenvalue weighted by Crippen LogP contribution is 2.39. The van der Waals surface area contributed by atoms with Gasteiger partial charge in [0.05, 0.1) is 5.56 Å². The number of aryl methyl sites for hydroxylation is 2. The van der Waals surface area contributed by atoms with Gasteiger partial charge in [-0.25, -0.2) is 4.98 Å². The maximum Gasteiger partial charge on any atom is 0.253 e. The summed E-state index contributed by atoms with van der Waals surface area (Å²) in [7, 11) is 0. The van der Waals surface area contributed by atoms with E-state index in [0.717, 1.165) is 48.7 Å². The third kappa shape index (κ3) is 3.58. The number of piperidine rings is 1. The van der Waals surface area contributed by atoms with Crippen molar-refractivity contribution in [2.24, 2.45) is 11.8 Å². The van der Waals surface area contributed by atoms with Gasteiger partial charge in [0, 0.05) is 49.1 Å². The molecule has 2 aromatic heterocycles. The van der Waals surface area contributed by atoms with Crippen molar-refractivity contribution in [3.05, 3.63) is 59.4 Å². The first-order chi connectivity index (χ1) is 15.7. The molecule has 3 heterocycles. The maximum absolute atomic E-state index is 12.9. The molecule has 1 N–H and O–H groups in total. The summed E-state index contributed by atoms with van der Waals surface area (Å²) in [5.41, 5.74) is 5.84. The number of carbonyl (C=O) groups is 1. The number of carbonyl (C=O) groups excluding carboxylic acids is 1. The zero-order valence-corrected chi connectivity index (χ0v) is 18.9. The van der Waals surface area contributed by atoms with Crippen LogP contribution in [0.1, 0.15) is 54.1 Å². The molecule has 5 heteroatoms. The Morgan fingerprint density at radius 2 is 1.94 bits per heavy atom. The van der Waals surface area contributed by atoms with Crippen molar-refractivity contribution >= 4 is 22.6 Å². The molecule has 1 aromatic carbocycles. The monoisotopic (exact) mass is 428 g/mol. The number of fused-ring (bicyclic) bond motifs is 4. The average Bonchev–Trinajstić information content (AvgIpc) is 3.39. The molecule has 2 unspecified atom stereocenters. The lowest BCUT2D eigenvalue weighted by Crippen LogP contribution is -2.39. The lowest BCUT2D eigenvalue weighted by Gasteiger charge is -2.35. The summed E-state index contributed by atoms with van der Waals surface area (Å²) in [6, 6.07) is 11.2. The average molecular weight is 429 g/mol. The Labute approximate surface area is 189 Å². The van der Waals surface area contributed by atoms with Gasteiger partial charge in [0.2, 0.25) is 0 Å². The minimum absolute atomic E-state index is 0.0162. The van der Waals surface area contributed by atoms with Crippen LogP contribution in [-0.4, -0.2) is 34.6 Å². The first-order valence-corrected chi connectivity index (χ1v) is 12.3. The maximum atomic E-state index is 12.9. The molecule has 1 saturated carbocycles. The molecular weight excluding hydrogens is 396 g/mol. The van der Waals surface area contributed by atoms with Crippen molar-refractivity contribution in [1.82, 2.24) is 14.9 Å². The molecule has 1 aliphatic heterocycles. The molecule has 1 amide bonds. The Kier molecular flexibility index (Phi) is 4.93. The molecule has 166 valence electrons. The smallest absolute Gasteiger partial charge is 0.253 e. The number of nitrogens with one attached hydrogen (secondary N) is 1. The Balaban J connectivity index is 1.13. The number of hydrogen-bond acceptors (Lipinski definition) is 3. The minimum atomic E-state index is -0.0162. The molecule has 2 fully saturated rings. The zero-order chi connectivity index (χ0) is 21.7. The number of anilines is 1. The van der Waals surface area contributed by atoms with E-state index in [4.69, 9.17) is 0 Å². The number of hydrogen-bond donors (Lipinski definition) is 1. The van der Waals surface area contributed by atoms with Crippen molar-refractivity contribution in [3.8, 4) is 0 Å². The van der Waals surface area contributed by atoms with Gasteiger partial charge in [0.15, 0.2) is 0 Å². The lowest BCUT2D eigenvalue weighted by molar-refractivity contribution is 0.0933. The van der Waals surface area contributed by atoms with Crippen LogP contribution in [0.15, 0.2) is 42.7 Å². The van der Waals surface area contributed by atoms with Gasteiger partial charge in [-0.2, -0.15) is 0 Å². The first kappa shape index (κ1) is 19.8. The van der Waals surface area contributed by atoms with Crippen LogP contribution in [0.3, 0.4) is 0 Å². The summed E-state index contributed by atoms with van der Waals surface area (Å²) in [5.74, 6) is 1.79. The van der Waals surface area contributed by atoms with Crippen LogP contribution in [0, 0.1) is 11.8 Å². The molecule has 2 bridgehead atoms. The normalized spacial score (nSPS) is 24.5. The van der Waals surface area contributed by atoms with Crippen LogP contribution >= 0.6 is 0 Å². The van der Waals surface area contributed by atoms with Gasteiger partial charge in [-0.3, -0.25) is 4.79 Å². The van der Waals surface area contributed by atoms with E-state index in [1.807, 2.05) is 18.3 Å². The van der Waals surface area contributed by atoms with Crippen LogP contribution < -0.4 is 10.2 Å². The molecule has 3 atom stereocenters. The quantitative estimate of drug-likeness (QED) is 0.662. The third-order valence-corrected chi connectivity index (χ3v) is 7.93. The molecule has 2 aliphatic carbocycles. The molecule has 0 spiro atoms. The summed E-state index contributed by atoms with van der Waals surface area (Å²) in [6.07, 6.45) is 10.9. The fraction of sp³-hybridized carbons (Fsp3) is 0.481. The van der Waals surface area contributed by atoms with Crippen molar-refractivity contribution in [2.75, 3.05) is 18.0 Å². The molecule has 5 nitrogen and oxygen atoms in total. The number of benzene rings is 1. The predicted molar refractivity (Wildman–Crippen MR) is 128 cm³/mol. The summed E-state index contributed by atoms with van der Waals surface area (Å²) in [4.78, 5) is 20.1. The number of rotatable bonds is 4. The zero-order valence-electron chi connectivity index (χ0n) is 18.9. The molecular formula is C27H32N4O. The van der Waals surface area contributed by atoms with E-state index in [1.54, 1.807) is 6.20 Å². The van der Waals surface area contributed by atoms with Gasteiger partial charge in [-0.15, -0.1) is 0 Å². The largest absolute Gasteiger partial charge is 0.371 e. The second kappa shape index (κ2) is 7.95. The van der Waals surface area contributed by atoms with Gasteiger partial charge in [0.25, 0.3) is 5.91 Å². The van der Waals surface area contributed by atoms with E-state index >= 15 is 0 Å². The van der Waals surface area contributed by atoms with E-state index in [0.29, 0.717) is 5.56 Å². The Bertz CT molecular complexity index is 1150. The number of pyridine rings is 1. The van der Waals surface area contributed by atoms with Gasteiger partial charge in [0.1, 0.15) is 5.65 Å². The summed E-state index contributed by atoms with van der Waals surface area (Å²) in [6.45, 7) is 5.44. The van der Waals surface area contributed by atoms with E-state index in [2.05, 4.69) is 44.9 Å². The molecule has 3 aliphatic rings. The van der Waals surface area contributed by atoms with Crippen LogP contribution in [0.4, 0.5) is 5.69 Å². The minimum Gasteiger partial charge on any atom is -0.371 e. The fourth-order valence-corrected chi connectivity index (χ4v) is 6.21. The SMILES string of the molecule is CCn1ccc2cc(C(=O)N[C@@H]3CCc4cc(N5CC6CCC(C6)C5)ccc4C3)cnc21. The van der Waals surface area contributed by atoms with E-state index in [1.165, 1.54) is 49.2 Å². The highest BCUT2D eigenvalue weighted by Gasteiger charge is 2.33.